The minimum absolute atomic E-state index is 0.0115. The van der Waals surface area contributed by atoms with Crippen molar-refractivity contribution in [2.75, 3.05) is 23.7 Å². The molecule has 1 aliphatic heterocycles. The molecule has 2 N–H and O–H groups in total. The average molecular weight is 370 g/mol. The highest BCUT2D eigenvalue weighted by Crippen LogP contribution is 2.18. The van der Waals surface area contributed by atoms with E-state index in [4.69, 9.17) is 12.2 Å². The van der Waals surface area contributed by atoms with Crippen LogP contribution in [-0.4, -0.2) is 33.9 Å². The Morgan fingerprint density at radius 1 is 1.04 bits per heavy atom. The summed E-state index contributed by atoms with van der Waals surface area (Å²) in [5.74, 6) is 0.0475. The van der Waals surface area contributed by atoms with Crippen LogP contribution in [0.4, 0.5) is 17.1 Å². The molecule has 1 saturated heterocycles. The lowest BCUT2D eigenvalue weighted by Gasteiger charge is -2.15. The topological polar surface area (TPSA) is 87.5 Å². The number of carbonyl (C=O) groups is 1. The van der Waals surface area contributed by atoms with Gasteiger partial charge in [-0.1, -0.05) is 6.07 Å². The molecule has 0 atom stereocenters. The maximum Gasteiger partial charge on any atom is 0.271 e. The first-order valence-corrected chi connectivity index (χ1v) is 8.65. The zero-order valence-electron chi connectivity index (χ0n) is 14.0. The van der Waals surface area contributed by atoms with Crippen LogP contribution in [0.15, 0.2) is 48.5 Å². The van der Waals surface area contributed by atoms with Crippen molar-refractivity contribution in [3.8, 4) is 0 Å². The van der Waals surface area contributed by atoms with Crippen molar-refractivity contribution in [2.45, 2.75) is 12.8 Å². The number of thiocarbonyl (C=S) groups is 1. The summed E-state index contributed by atoms with van der Waals surface area (Å²) in [5, 5.41) is 17.0. The Hall–Kier alpha value is -3.00. The molecule has 0 saturated carbocycles. The van der Waals surface area contributed by atoms with Gasteiger partial charge in [-0.15, -0.1) is 0 Å². The van der Waals surface area contributed by atoms with E-state index in [9.17, 15) is 14.9 Å². The molecule has 26 heavy (non-hydrogen) atoms. The van der Waals surface area contributed by atoms with E-state index in [0.717, 1.165) is 31.6 Å². The second kappa shape index (κ2) is 7.92. The van der Waals surface area contributed by atoms with Crippen molar-refractivity contribution >= 4 is 40.3 Å². The first kappa shape index (κ1) is 17.8. The van der Waals surface area contributed by atoms with Gasteiger partial charge in [0.25, 0.3) is 11.6 Å². The van der Waals surface area contributed by atoms with E-state index in [2.05, 4.69) is 10.6 Å². The summed E-state index contributed by atoms with van der Waals surface area (Å²) in [6.07, 6.45) is 2.12. The van der Waals surface area contributed by atoms with Crippen LogP contribution in [0.1, 0.15) is 23.2 Å². The molecule has 1 fully saturated rings. The van der Waals surface area contributed by atoms with Gasteiger partial charge in [0.05, 0.1) is 4.92 Å². The van der Waals surface area contributed by atoms with Crippen LogP contribution in [-0.2, 0) is 0 Å². The zero-order valence-corrected chi connectivity index (χ0v) is 14.8. The lowest BCUT2D eigenvalue weighted by molar-refractivity contribution is -0.384. The summed E-state index contributed by atoms with van der Waals surface area (Å²) >= 11 is 5.23. The van der Waals surface area contributed by atoms with Gasteiger partial charge in [0, 0.05) is 42.2 Å². The number of rotatable bonds is 4. The van der Waals surface area contributed by atoms with E-state index in [1.165, 1.54) is 12.1 Å². The highest BCUT2D eigenvalue weighted by molar-refractivity contribution is 7.80. The maximum atomic E-state index is 12.3. The van der Waals surface area contributed by atoms with E-state index < -0.39 is 4.92 Å². The number of nitro benzene ring substituents is 1. The number of anilines is 2. The predicted octanol–water partition coefficient (Wildman–Crippen LogP) is 3.64. The van der Waals surface area contributed by atoms with Crippen LogP contribution in [0.2, 0.25) is 0 Å². The average Bonchev–Trinajstić information content (AvgIpc) is 3.16. The van der Waals surface area contributed by atoms with Crippen LogP contribution < -0.4 is 10.6 Å². The van der Waals surface area contributed by atoms with Crippen molar-refractivity contribution in [3.63, 3.8) is 0 Å². The number of non-ortho nitro benzene ring substituents is 1. The molecule has 2 aromatic rings. The minimum Gasteiger partial charge on any atom is -0.339 e. The summed E-state index contributed by atoms with van der Waals surface area (Å²) in [5.41, 5.74) is 1.89. The van der Waals surface area contributed by atoms with Crippen LogP contribution in [0, 0.1) is 10.1 Å². The molecule has 1 amide bonds. The van der Waals surface area contributed by atoms with Gasteiger partial charge in [0.15, 0.2) is 5.11 Å². The number of hydrogen-bond acceptors (Lipinski definition) is 4. The second-order valence-electron chi connectivity index (χ2n) is 5.96. The third-order valence-corrected chi connectivity index (χ3v) is 4.30. The molecule has 7 nitrogen and oxygen atoms in total. The molecule has 1 aliphatic rings. The van der Waals surface area contributed by atoms with Crippen molar-refractivity contribution in [1.82, 2.24) is 4.90 Å². The number of benzene rings is 2. The molecule has 0 unspecified atom stereocenters. The van der Waals surface area contributed by atoms with E-state index in [0.29, 0.717) is 16.4 Å². The lowest BCUT2D eigenvalue weighted by Crippen LogP contribution is -2.27. The Kier molecular flexibility index (Phi) is 5.43. The van der Waals surface area contributed by atoms with Crippen LogP contribution >= 0.6 is 12.2 Å². The van der Waals surface area contributed by atoms with Gasteiger partial charge in [-0.2, -0.15) is 0 Å². The lowest BCUT2D eigenvalue weighted by atomic mass is 10.2. The fraction of sp³-hybridized carbons (Fsp3) is 0.222. The number of nitrogens with one attached hydrogen (secondary N) is 2. The number of nitrogens with zero attached hydrogens (tertiary/aromatic N) is 2. The monoisotopic (exact) mass is 370 g/mol. The quantitative estimate of drug-likeness (QED) is 0.485. The first-order valence-electron chi connectivity index (χ1n) is 8.25. The Morgan fingerprint density at radius 3 is 2.35 bits per heavy atom. The fourth-order valence-electron chi connectivity index (χ4n) is 2.79. The predicted molar refractivity (Wildman–Crippen MR) is 105 cm³/mol. The van der Waals surface area contributed by atoms with Gasteiger partial charge in [0.2, 0.25) is 0 Å². The Bertz CT molecular complexity index is 833. The number of hydrogen-bond donors (Lipinski definition) is 2. The summed E-state index contributed by atoms with van der Waals surface area (Å²) < 4.78 is 0. The van der Waals surface area contributed by atoms with Gasteiger partial charge in [0.1, 0.15) is 0 Å². The van der Waals surface area contributed by atoms with Gasteiger partial charge in [-0.05, 0) is 55.4 Å². The number of amides is 1. The third-order valence-electron chi connectivity index (χ3n) is 4.10. The third kappa shape index (κ3) is 4.34. The normalized spacial score (nSPS) is 13.3. The first-order chi connectivity index (χ1) is 12.5. The van der Waals surface area contributed by atoms with E-state index in [-0.39, 0.29) is 11.6 Å². The largest absolute Gasteiger partial charge is 0.339 e. The Labute approximate surface area is 156 Å². The Morgan fingerprint density at radius 2 is 1.69 bits per heavy atom. The minimum atomic E-state index is -0.461. The van der Waals surface area contributed by atoms with Gasteiger partial charge >= 0.3 is 0 Å². The summed E-state index contributed by atoms with van der Waals surface area (Å²) in [6, 6.07) is 13.2. The SMILES string of the molecule is O=C(c1ccc(NC(=S)Nc2cccc([N+](=O)[O-])c2)cc1)N1CCCC1. The molecule has 0 radical (unpaired) electrons. The van der Waals surface area contributed by atoms with Crippen molar-refractivity contribution in [2.24, 2.45) is 0 Å². The highest BCUT2D eigenvalue weighted by atomic mass is 32.1. The summed E-state index contributed by atoms with van der Waals surface area (Å²) in [4.78, 5) is 24.5. The number of nitro groups is 1. The molecule has 0 bridgehead atoms. The van der Waals surface area contributed by atoms with Crippen LogP contribution in [0.5, 0.6) is 0 Å². The van der Waals surface area contributed by atoms with Crippen molar-refractivity contribution < 1.29 is 9.72 Å². The molecule has 1 heterocycles. The molecule has 0 aromatic heterocycles. The maximum absolute atomic E-state index is 12.3. The van der Waals surface area contributed by atoms with Crippen molar-refractivity contribution in [3.05, 3.63) is 64.2 Å². The van der Waals surface area contributed by atoms with E-state index in [1.807, 2.05) is 4.90 Å². The molecule has 0 aliphatic carbocycles. The molecule has 134 valence electrons. The molecular formula is C18H18N4O3S. The number of carbonyl (C=O) groups excluding carboxylic acids is 1. The van der Waals surface area contributed by atoms with Crippen molar-refractivity contribution in [1.29, 1.82) is 0 Å². The van der Waals surface area contributed by atoms with Crippen LogP contribution in [0.25, 0.3) is 0 Å². The Balaban J connectivity index is 1.60. The number of likely N-dealkylation sites (tertiary alicyclic amines) is 1. The van der Waals surface area contributed by atoms with Gasteiger partial charge in [-0.25, -0.2) is 0 Å². The molecule has 8 heteroatoms. The van der Waals surface area contributed by atoms with Gasteiger partial charge in [-0.3, -0.25) is 14.9 Å². The molecule has 0 spiro atoms. The van der Waals surface area contributed by atoms with Crippen LogP contribution in [0.3, 0.4) is 0 Å². The molecule has 2 aromatic carbocycles. The van der Waals surface area contributed by atoms with E-state index >= 15 is 0 Å². The summed E-state index contributed by atoms with van der Waals surface area (Å²) in [6.45, 7) is 1.63. The fourth-order valence-corrected chi connectivity index (χ4v) is 3.03. The highest BCUT2D eigenvalue weighted by Gasteiger charge is 2.19. The second-order valence-corrected chi connectivity index (χ2v) is 6.37. The van der Waals surface area contributed by atoms with Gasteiger partial charge < -0.3 is 15.5 Å². The standard InChI is InChI=1S/C18H18N4O3S/c23-17(21-10-1-2-11-21)13-6-8-14(9-7-13)19-18(26)20-15-4-3-5-16(12-15)22(24)25/h3-9,12H,1-2,10-11H2,(H2,19,20,26). The smallest absolute Gasteiger partial charge is 0.271 e. The zero-order chi connectivity index (χ0) is 18.5. The molecule has 3 rings (SSSR count). The van der Waals surface area contributed by atoms with E-state index in [1.54, 1.807) is 36.4 Å². The summed E-state index contributed by atoms with van der Waals surface area (Å²) in [7, 11) is 0. The molecular weight excluding hydrogens is 352 g/mol.